The molecule has 0 bridgehead atoms. The second-order valence-corrected chi connectivity index (χ2v) is 9.99. The molecule has 158 valence electrons. The molecule has 0 aliphatic heterocycles. The Bertz CT molecular complexity index is 1730. The van der Waals surface area contributed by atoms with E-state index in [0.717, 1.165) is 5.69 Å². The van der Waals surface area contributed by atoms with Crippen molar-refractivity contribution in [1.29, 1.82) is 0 Å². The molecule has 6 rings (SSSR count). The van der Waals surface area contributed by atoms with Crippen molar-refractivity contribution in [3.05, 3.63) is 84.1 Å². The van der Waals surface area contributed by atoms with Gasteiger partial charge in [-0.25, -0.2) is 4.57 Å². The van der Waals surface area contributed by atoms with E-state index in [0.29, 0.717) is 5.56 Å². The van der Waals surface area contributed by atoms with Crippen LogP contribution in [0, 0.1) is 12.3 Å². The fraction of sp³-hybridized carbons (Fsp3) is 0.233. The van der Waals surface area contributed by atoms with Crippen molar-refractivity contribution < 1.29 is 7.31 Å². The van der Waals surface area contributed by atoms with Gasteiger partial charge in [0.05, 0.1) is 22.1 Å². The largest absolute Gasteiger partial charge is 0.308 e. The maximum atomic E-state index is 8.73. The maximum absolute atomic E-state index is 8.73. The Kier molecular flexibility index (Phi) is 3.52. The first kappa shape index (κ1) is 17.2. The Labute approximate surface area is 191 Å². The van der Waals surface area contributed by atoms with Crippen LogP contribution >= 0.6 is 0 Å². The second-order valence-electron chi connectivity index (χ2n) is 9.99. The lowest BCUT2D eigenvalue weighted by Gasteiger charge is -2.17. The molecule has 0 saturated heterocycles. The highest BCUT2D eigenvalue weighted by Gasteiger charge is 2.24. The van der Waals surface area contributed by atoms with Crippen molar-refractivity contribution in [2.45, 2.75) is 34.1 Å². The summed E-state index contributed by atoms with van der Waals surface area (Å²) in [5.41, 5.74) is 7.44. The Balaban J connectivity index is 1.70. The minimum Gasteiger partial charge on any atom is -0.308 e. The molecule has 0 aliphatic rings. The number of aryl methyl sites for hydroxylation is 2. The molecule has 3 aromatic carbocycles. The number of nitrogens with zero attached hydrogens (tertiary/aromatic N) is 2. The summed E-state index contributed by atoms with van der Waals surface area (Å²) in [6.45, 7) is 8.03. The fourth-order valence-electron chi connectivity index (χ4n) is 5.33. The van der Waals surface area contributed by atoms with Crippen LogP contribution in [0.1, 0.15) is 34.6 Å². The number of para-hydroxylation sites is 2. The lowest BCUT2D eigenvalue weighted by molar-refractivity contribution is -0.660. The van der Waals surface area contributed by atoms with Crippen LogP contribution < -0.4 is 4.57 Å². The van der Waals surface area contributed by atoms with Gasteiger partial charge < -0.3 is 4.40 Å². The minimum absolute atomic E-state index is 0.494. The molecular weight excluding hydrogens is 388 g/mol. The number of fused-ring (bicyclic) bond motifs is 6. The molecule has 0 spiro atoms. The topological polar surface area (TPSA) is 8.29 Å². The van der Waals surface area contributed by atoms with E-state index < -0.39 is 11.8 Å². The van der Waals surface area contributed by atoms with E-state index in [2.05, 4.69) is 76.6 Å². The number of rotatable bonds is 2. The molecule has 2 heteroatoms. The van der Waals surface area contributed by atoms with E-state index in [-0.39, 0.29) is 0 Å². The Morgan fingerprint density at radius 1 is 0.844 bits per heavy atom. The van der Waals surface area contributed by atoms with E-state index in [1.165, 1.54) is 49.2 Å². The lowest BCUT2D eigenvalue weighted by atomic mass is 9.88. The summed E-state index contributed by atoms with van der Waals surface area (Å²) in [5, 5.41) is 5.09. The fourth-order valence-corrected chi connectivity index (χ4v) is 5.33. The first-order chi connectivity index (χ1) is 16.1. The van der Waals surface area contributed by atoms with Crippen molar-refractivity contribution in [2.75, 3.05) is 0 Å². The van der Waals surface area contributed by atoms with Crippen LogP contribution in [0.15, 0.2) is 72.9 Å². The van der Waals surface area contributed by atoms with Crippen molar-refractivity contribution in [3.63, 3.8) is 0 Å². The summed E-state index contributed by atoms with van der Waals surface area (Å²) in [7, 11) is 2.03. The molecular formula is C30H29N2+. The number of pyridine rings is 1. The average Bonchev–Trinajstić information content (AvgIpc) is 3.31. The van der Waals surface area contributed by atoms with Crippen molar-refractivity contribution in [2.24, 2.45) is 12.5 Å². The average molecular weight is 420 g/mol. The van der Waals surface area contributed by atoms with Gasteiger partial charge in [0.2, 0.25) is 5.69 Å². The summed E-state index contributed by atoms with van der Waals surface area (Å²) >= 11 is 0. The van der Waals surface area contributed by atoms with E-state index in [1.807, 2.05) is 40.1 Å². The van der Waals surface area contributed by atoms with Crippen LogP contribution in [0.5, 0.6) is 0 Å². The SMILES string of the molecule is [2H]C([2H])(c1ccc(-c2c(C)ccc3c2c2cccc4c5ccccc5n3c42)[n+](C)c1)C(C)(C)C. The van der Waals surface area contributed by atoms with E-state index in [9.17, 15) is 0 Å². The monoisotopic (exact) mass is 419 g/mol. The summed E-state index contributed by atoms with van der Waals surface area (Å²) in [5.74, 6) is 0. The minimum atomic E-state index is -1.43. The van der Waals surface area contributed by atoms with Crippen LogP contribution in [0.4, 0.5) is 0 Å². The lowest BCUT2D eigenvalue weighted by Crippen LogP contribution is -2.32. The molecule has 3 heterocycles. The first-order valence-corrected chi connectivity index (χ1v) is 11.3. The molecule has 32 heavy (non-hydrogen) atoms. The Morgan fingerprint density at radius 2 is 1.59 bits per heavy atom. The van der Waals surface area contributed by atoms with Crippen LogP contribution in [-0.2, 0) is 13.4 Å². The zero-order valence-electron chi connectivity index (χ0n) is 21.3. The smallest absolute Gasteiger partial charge is 0.213 e. The molecule has 0 radical (unpaired) electrons. The first-order valence-electron chi connectivity index (χ1n) is 12.3. The highest BCUT2D eigenvalue weighted by atomic mass is 14.9. The molecule has 0 saturated carbocycles. The summed E-state index contributed by atoms with van der Waals surface area (Å²) in [6, 6.07) is 23.8. The van der Waals surface area contributed by atoms with Crippen LogP contribution in [0.25, 0.3) is 49.4 Å². The van der Waals surface area contributed by atoms with E-state index in [4.69, 9.17) is 2.74 Å². The van der Waals surface area contributed by atoms with Gasteiger partial charge >= 0.3 is 0 Å². The number of benzene rings is 3. The predicted octanol–water partition coefficient (Wildman–Crippen LogP) is 7.23. The van der Waals surface area contributed by atoms with Gasteiger partial charge in [-0.1, -0.05) is 63.2 Å². The third kappa shape index (κ3) is 2.69. The van der Waals surface area contributed by atoms with Gasteiger partial charge in [0.15, 0.2) is 6.20 Å². The Hall–Kier alpha value is -3.39. The van der Waals surface area contributed by atoms with Crippen LogP contribution in [0.2, 0.25) is 0 Å². The van der Waals surface area contributed by atoms with E-state index in [1.54, 1.807) is 0 Å². The zero-order chi connectivity index (χ0) is 24.0. The molecule has 0 N–H and O–H groups in total. The quantitative estimate of drug-likeness (QED) is 0.262. The van der Waals surface area contributed by atoms with Gasteiger partial charge in [0.25, 0.3) is 0 Å². The van der Waals surface area contributed by atoms with Gasteiger partial charge in [-0.05, 0) is 42.5 Å². The normalized spacial score (nSPS) is 14.0. The third-order valence-electron chi connectivity index (χ3n) is 6.51. The molecule has 3 aromatic heterocycles. The van der Waals surface area contributed by atoms with Gasteiger partial charge in [0.1, 0.15) is 7.05 Å². The van der Waals surface area contributed by atoms with Crippen molar-refractivity contribution in [3.8, 4) is 11.3 Å². The second kappa shape index (κ2) is 6.56. The molecule has 0 unspecified atom stereocenters. The number of aromatic nitrogens is 2. The van der Waals surface area contributed by atoms with Crippen molar-refractivity contribution >= 4 is 38.1 Å². The van der Waals surface area contributed by atoms with Gasteiger partial charge in [-0.15, -0.1) is 0 Å². The molecule has 0 fully saturated rings. The van der Waals surface area contributed by atoms with E-state index >= 15 is 0 Å². The molecule has 0 amide bonds. The summed E-state index contributed by atoms with van der Waals surface area (Å²) in [4.78, 5) is 0. The van der Waals surface area contributed by atoms with Gasteiger partial charge in [-0.2, -0.15) is 0 Å². The summed E-state index contributed by atoms with van der Waals surface area (Å²) in [6.07, 6.45) is 0.532. The molecule has 0 atom stereocenters. The highest BCUT2D eigenvalue weighted by molar-refractivity contribution is 6.25. The Morgan fingerprint density at radius 3 is 2.38 bits per heavy atom. The number of hydrogen-bond acceptors (Lipinski definition) is 0. The number of hydrogen-bond donors (Lipinski definition) is 0. The van der Waals surface area contributed by atoms with Crippen molar-refractivity contribution in [1.82, 2.24) is 4.40 Å². The van der Waals surface area contributed by atoms with Crippen LogP contribution in [0.3, 0.4) is 0 Å². The zero-order valence-corrected chi connectivity index (χ0v) is 19.3. The molecule has 0 aliphatic carbocycles. The highest BCUT2D eigenvalue weighted by Crippen LogP contribution is 2.43. The summed E-state index contributed by atoms with van der Waals surface area (Å²) < 4.78 is 21.9. The molecule has 6 aromatic rings. The van der Waals surface area contributed by atoms with Gasteiger partial charge in [0, 0.05) is 35.9 Å². The molecule has 2 nitrogen and oxygen atoms in total. The van der Waals surface area contributed by atoms with Gasteiger partial charge in [-0.3, -0.25) is 0 Å². The van der Waals surface area contributed by atoms with Crippen LogP contribution in [-0.4, -0.2) is 4.40 Å². The maximum Gasteiger partial charge on any atom is 0.213 e. The predicted molar refractivity (Wildman–Crippen MR) is 136 cm³/mol. The standard InChI is InChI=1S/C30H29N2/c1-19-13-15-26-28(27(19)25-16-14-20(18-31(25)5)17-30(2,3)4)23-11-8-10-22-21-9-6-7-12-24(21)32(26)29(22)23/h6-16,18H,17H2,1-5H3/q+1/i17D2. The third-order valence-corrected chi connectivity index (χ3v) is 6.51.